The van der Waals surface area contributed by atoms with Gasteiger partial charge in [-0.3, -0.25) is 4.90 Å². The van der Waals surface area contributed by atoms with Crippen molar-refractivity contribution < 1.29 is 14.3 Å². The van der Waals surface area contributed by atoms with Gasteiger partial charge in [-0.2, -0.15) is 0 Å². The van der Waals surface area contributed by atoms with Gasteiger partial charge in [0, 0.05) is 18.2 Å². The summed E-state index contributed by atoms with van der Waals surface area (Å²) in [7, 11) is 0. The molecule has 0 aromatic heterocycles. The highest BCUT2D eigenvalue weighted by molar-refractivity contribution is 5.85. The Balaban J connectivity index is 2.85. The Kier molecular flexibility index (Phi) is 6.94. The van der Waals surface area contributed by atoms with E-state index in [0.717, 1.165) is 44.1 Å². The van der Waals surface area contributed by atoms with Crippen LogP contribution in [0.2, 0.25) is 0 Å². The van der Waals surface area contributed by atoms with Crippen LogP contribution in [0.5, 0.6) is 0 Å². The molecule has 0 saturated carbocycles. The molecular formula is C16H22FNO2. The monoisotopic (exact) mass is 279 g/mol. The highest BCUT2D eigenvalue weighted by Crippen LogP contribution is 2.14. The van der Waals surface area contributed by atoms with E-state index in [0.29, 0.717) is 5.56 Å². The van der Waals surface area contributed by atoms with E-state index in [-0.39, 0.29) is 0 Å². The highest BCUT2D eigenvalue weighted by Gasteiger charge is 2.06. The first-order chi connectivity index (χ1) is 9.56. The lowest BCUT2D eigenvalue weighted by atomic mass is 10.1. The number of carboxylic acid groups (broad SMARTS) is 1. The first-order valence-electron chi connectivity index (χ1n) is 6.98. The van der Waals surface area contributed by atoms with Crippen LogP contribution in [0.3, 0.4) is 0 Å². The summed E-state index contributed by atoms with van der Waals surface area (Å²) in [6.45, 7) is 7.04. The molecule has 0 aliphatic heterocycles. The van der Waals surface area contributed by atoms with Gasteiger partial charge < -0.3 is 5.11 Å². The number of rotatable bonds is 8. The van der Waals surface area contributed by atoms with E-state index in [2.05, 4.69) is 18.7 Å². The quantitative estimate of drug-likeness (QED) is 0.740. The predicted molar refractivity (Wildman–Crippen MR) is 78.9 cm³/mol. The predicted octanol–water partition coefficient (Wildman–Crippen LogP) is 3.55. The highest BCUT2D eigenvalue weighted by atomic mass is 19.1. The molecule has 110 valence electrons. The summed E-state index contributed by atoms with van der Waals surface area (Å²) < 4.78 is 13.6. The third-order valence-corrected chi connectivity index (χ3v) is 2.95. The molecule has 4 heteroatoms. The molecule has 3 nitrogen and oxygen atoms in total. The summed E-state index contributed by atoms with van der Waals surface area (Å²) in [5.74, 6) is -1.47. The summed E-state index contributed by atoms with van der Waals surface area (Å²) in [6.07, 6.45) is 4.41. The molecule has 1 aromatic rings. The van der Waals surface area contributed by atoms with E-state index >= 15 is 0 Å². The lowest BCUT2D eigenvalue weighted by Crippen LogP contribution is -2.24. The average Bonchev–Trinajstić information content (AvgIpc) is 2.40. The van der Waals surface area contributed by atoms with Gasteiger partial charge in [0.15, 0.2) is 0 Å². The number of nitrogens with zero attached hydrogens (tertiary/aromatic N) is 1. The van der Waals surface area contributed by atoms with Gasteiger partial charge in [0.2, 0.25) is 0 Å². The third-order valence-electron chi connectivity index (χ3n) is 2.95. The summed E-state index contributed by atoms with van der Waals surface area (Å²) in [6, 6.07) is 4.87. The van der Waals surface area contributed by atoms with Gasteiger partial charge in [0.1, 0.15) is 5.82 Å². The molecule has 1 N–H and O–H groups in total. The van der Waals surface area contributed by atoms with Crippen molar-refractivity contribution >= 4 is 12.0 Å². The number of hydrogen-bond donors (Lipinski definition) is 1. The second-order valence-corrected chi connectivity index (χ2v) is 4.80. The number of carbonyl (C=O) groups is 1. The zero-order valence-corrected chi connectivity index (χ0v) is 12.1. The molecule has 0 aliphatic carbocycles. The summed E-state index contributed by atoms with van der Waals surface area (Å²) >= 11 is 0. The van der Waals surface area contributed by atoms with Crippen LogP contribution in [0, 0.1) is 5.82 Å². The van der Waals surface area contributed by atoms with E-state index in [1.165, 1.54) is 12.1 Å². The van der Waals surface area contributed by atoms with Gasteiger partial charge in [-0.15, -0.1) is 0 Å². The van der Waals surface area contributed by atoms with Crippen molar-refractivity contribution in [1.82, 2.24) is 4.90 Å². The Morgan fingerprint density at radius 3 is 2.50 bits per heavy atom. The fourth-order valence-electron chi connectivity index (χ4n) is 2.14. The zero-order valence-electron chi connectivity index (χ0n) is 12.1. The van der Waals surface area contributed by atoms with Crippen LogP contribution in [0.15, 0.2) is 24.3 Å². The molecule has 0 spiro atoms. The maximum Gasteiger partial charge on any atom is 0.328 e. The van der Waals surface area contributed by atoms with E-state index in [9.17, 15) is 9.18 Å². The van der Waals surface area contributed by atoms with E-state index in [1.54, 1.807) is 12.1 Å². The van der Waals surface area contributed by atoms with Gasteiger partial charge in [-0.1, -0.05) is 19.9 Å². The van der Waals surface area contributed by atoms with Crippen molar-refractivity contribution in [3.05, 3.63) is 41.2 Å². The molecule has 1 aromatic carbocycles. The molecule has 0 radical (unpaired) electrons. The molecule has 0 amide bonds. The maximum atomic E-state index is 13.6. The Hall–Kier alpha value is -1.68. The number of carboxylic acids is 1. The van der Waals surface area contributed by atoms with E-state index in [1.807, 2.05) is 0 Å². The van der Waals surface area contributed by atoms with Crippen LogP contribution < -0.4 is 0 Å². The third kappa shape index (κ3) is 5.53. The lowest BCUT2D eigenvalue weighted by molar-refractivity contribution is -0.131. The van der Waals surface area contributed by atoms with Crippen molar-refractivity contribution in [2.24, 2.45) is 0 Å². The molecule has 1 rings (SSSR count). The van der Waals surface area contributed by atoms with Gasteiger partial charge in [0.05, 0.1) is 0 Å². The minimum absolute atomic E-state index is 0.317. The van der Waals surface area contributed by atoms with Crippen LogP contribution in [-0.4, -0.2) is 29.1 Å². The Morgan fingerprint density at radius 2 is 1.95 bits per heavy atom. The van der Waals surface area contributed by atoms with E-state index < -0.39 is 11.8 Å². The number of aliphatic carboxylic acids is 1. The van der Waals surface area contributed by atoms with E-state index in [4.69, 9.17) is 5.11 Å². The Bertz CT molecular complexity index is 466. The van der Waals surface area contributed by atoms with Crippen LogP contribution >= 0.6 is 0 Å². The lowest BCUT2D eigenvalue weighted by Gasteiger charge is -2.21. The van der Waals surface area contributed by atoms with Crippen LogP contribution in [0.25, 0.3) is 6.08 Å². The van der Waals surface area contributed by atoms with Crippen LogP contribution in [0.1, 0.15) is 37.8 Å². The number of benzene rings is 1. The summed E-state index contributed by atoms with van der Waals surface area (Å²) in [5, 5.41) is 8.60. The van der Waals surface area contributed by atoms with Gasteiger partial charge in [-0.05, 0) is 49.7 Å². The first-order valence-corrected chi connectivity index (χ1v) is 6.98. The average molecular weight is 279 g/mol. The second kappa shape index (κ2) is 8.48. The van der Waals surface area contributed by atoms with Crippen molar-refractivity contribution in [3.8, 4) is 0 Å². The fraction of sp³-hybridized carbons (Fsp3) is 0.438. The molecule has 0 bridgehead atoms. The van der Waals surface area contributed by atoms with Crippen LogP contribution in [0.4, 0.5) is 4.39 Å². The smallest absolute Gasteiger partial charge is 0.328 e. The molecule has 20 heavy (non-hydrogen) atoms. The van der Waals surface area contributed by atoms with Gasteiger partial charge in [0.25, 0.3) is 0 Å². The molecule has 0 aliphatic rings. The largest absolute Gasteiger partial charge is 0.478 e. The number of hydrogen-bond acceptors (Lipinski definition) is 2. The zero-order chi connectivity index (χ0) is 15.0. The molecule has 0 saturated heterocycles. The fourth-order valence-corrected chi connectivity index (χ4v) is 2.14. The normalized spacial score (nSPS) is 11.4. The molecule has 0 atom stereocenters. The minimum atomic E-state index is -1.08. The van der Waals surface area contributed by atoms with Crippen molar-refractivity contribution in [1.29, 1.82) is 0 Å². The molecular weight excluding hydrogens is 257 g/mol. The minimum Gasteiger partial charge on any atom is -0.478 e. The molecule has 0 heterocycles. The van der Waals surface area contributed by atoms with Crippen molar-refractivity contribution in [2.45, 2.75) is 33.2 Å². The van der Waals surface area contributed by atoms with Crippen molar-refractivity contribution in [2.75, 3.05) is 13.1 Å². The first kappa shape index (κ1) is 16.4. The second-order valence-electron chi connectivity index (χ2n) is 4.80. The maximum absolute atomic E-state index is 13.6. The van der Waals surface area contributed by atoms with Crippen molar-refractivity contribution in [3.63, 3.8) is 0 Å². The number of halogens is 1. The molecule has 0 fully saturated rings. The Labute approximate surface area is 119 Å². The SMILES string of the molecule is CCCN(CCC)Cc1ccc(F)c(C=CC(=O)O)c1. The van der Waals surface area contributed by atoms with Gasteiger partial charge >= 0.3 is 5.97 Å². The van der Waals surface area contributed by atoms with Gasteiger partial charge in [-0.25, -0.2) is 9.18 Å². The topological polar surface area (TPSA) is 40.5 Å². The summed E-state index contributed by atoms with van der Waals surface area (Å²) in [4.78, 5) is 12.8. The molecule has 0 unspecified atom stereocenters. The van der Waals surface area contributed by atoms with Crippen LogP contribution in [-0.2, 0) is 11.3 Å². The Morgan fingerprint density at radius 1 is 1.30 bits per heavy atom. The summed E-state index contributed by atoms with van der Waals surface area (Å²) in [5.41, 5.74) is 1.32. The standard InChI is InChI=1S/C16H22FNO2/c1-3-9-18(10-4-2)12-13-5-7-15(17)14(11-13)6-8-16(19)20/h5-8,11H,3-4,9-10,12H2,1-2H3,(H,19,20).